The predicted octanol–water partition coefficient (Wildman–Crippen LogP) is 1.24. The molecule has 4 heteroatoms. The molecule has 0 aliphatic heterocycles. The van der Waals surface area contributed by atoms with E-state index in [-0.39, 0.29) is 5.43 Å². The molecule has 0 radical (unpaired) electrons. The van der Waals surface area contributed by atoms with Gasteiger partial charge < -0.3 is 9.72 Å². The Morgan fingerprint density at radius 2 is 2.29 bits per heavy atom. The molecule has 14 heavy (non-hydrogen) atoms. The minimum absolute atomic E-state index is 0.0792. The molecule has 2 heterocycles. The van der Waals surface area contributed by atoms with Crippen molar-refractivity contribution < 1.29 is 4.74 Å². The molecule has 2 rings (SSSR count). The summed E-state index contributed by atoms with van der Waals surface area (Å²) in [5.41, 5.74) is 1.78. The maximum absolute atomic E-state index is 11.4. The minimum Gasteiger partial charge on any atom is -0.495 e. The maximum Gasteiger partial charge on any atom is 0.207 e. The summed E-state index contributed by atoms with van der Waals surface area (Å²) in [6.45, 7) is 1.81. The maximum atomic E-state index is 11.4. The quantitative estimate of drug-likeness (QED) is 0.736. The molecule has 0 amide bonds. The van der Waals surface area contributed by atoms with E-state index in [0.29, 0.717) is 16.8 Å². The van der Waals surface area contributed by atoms with Crippen LogP contribution >= 0.6 is 0 Å². The van der Waals surface area contributed by atoms with E-state index in [9.17, 15) is 4.79 Å². The lowest BCUT2D eigenvalue weighted by Crippen LogP contribution is -2.04. The fourth-order valence-corrected chi connectivity index (χ4v) is 1.38. The van der Waals surface area contributed by atoms with Gasteiger partial charge in [0.1, 0.15) is 11.3 Å². The number of rotatable bonds is 1. The third kappa shape index (κ3) is 1.25. The van der Waals surface area contributed by atoms with E-state index < -0.39 is 0 Å². The Balaban J connectivity index is 2.86. The Kier molecular flexibility index (Phi) is 1.96. The predicted molar refractivity (Wildman–Crippen MR) is 53.7 cm³/mol. The van der Waals surface area contributed by atoms with Crippen LogP contribution < -0.4 is 10.2 Å². The van der Waals surface area contributed by atoms with Gasteiger partial charge in [-0.25, -0.2) is 4.98 Å². The van der Waals surface area contributed by atoms with Crippen LogP contribution in [0.1, 0.15) is 5.69 Å². The van der Waals surface area contributed by atoms with Gasteiger partial charge in [0.2, 0.25) is 5.43 Å². The molecule has 0 aliphatic rings. The van der Waals surface area contributed by atoms with Gasteiger partial charge in [0.05, 0.1) is 18.3 Å². The molecule has 0 aliphatic carbocycles. The highest BCUT2D eigenvalue weighted by Gasteiger charge is 2.04. The largest absolute Gasteiger partial charge is 0.495 e. The number of nitrogens with zero attached hydrogens (tertiary/aromatic N) is 1. The van der Waals surface area contributed by atoms with Gasteiger partial charge in [-0.1, -0.05) is 0 Å². The number of aromatic amines is 1. The summed E-state index contributed by atoms with van der Waals surface area (Å²) in [6, 6.07) is 3.24. The number of aromatic nitrogens is 2. The first-order chi connectivity index (χ1) is 6.72. The smallest absolute Gasteiger partial charge is 0.207 e. The standard InChI is InChI=1S/C10H10N2O2/c1-6-9(14-2)5-7-10(12-6)8(13)3-4-11-7/h3-5H,1-2H3,(H,11,13). The second-order valence-electron chi connectivity index (χ2n) is 3.01. The molecule has 0 fully saturated rings. The lowest BCUT2D eigenvalue weighted by atomic mass is 10.2. The number of hydrogen-bond acceptors (Lipinski definition) is 3. The summed E-state index contributed by atoms with van der Waals surface area (Å²) >= 11 is 0. The number of aryl methyl sites for hydroxylation is 1. The first kappa shape index (κ1) is 8.74. The molecule has 1 N–H and O–H groups in total. The van der Waals surface area contributed by atoms with Gasteiger partial charge in [0, 0.05) is 18.3 Å². The molecule has 0 spiro atoms. The lowest BCUT2D eigenvalue weighted by Gasteiger charge is -2.04. The molecule has 0 unspecified atom stereocenters. The monoisotopic (exact) mass is 190 g/mol. The molecule has 0 atom stereocenters. The van der Waals surface area contributed by atoms with E-state index in [2.05, 4.69) is 9.97 Å². The summed E-state index contributed by atoms with van der Waals surface area (Å²) in [4.78, 5) is 18.5. The molecule has 0 saturated carbocycles. The Labute approximate surface area is 80.6 Å². The molecular weight excluding hydrogens is 180 g/mol. The number of H-pyrrole nitrogens is 1. The number of ether oxygens (including phenoxy) is 1. The highest BCUT2D eigenvalue weighted by molar-refractivity contribution is 5.75. The molecule has 2 aromatic rings. The van der Waals surface area contributed by atoms with Crippen LogP contribution in [0, 0.1) is 6.92 Å². The van der Waals surface area contributed by atoms with Crippen LogP contribution in [-0.4, -0.2) is 17.1 Å². The number of fused-ring (bicyclic) bond motifs is 1. The fourth-order valence-electron chi connectivity index (χ4n) is 1.38. The van der Waals surface area contributed by atoms with E-state index in [1.165, 1.54) is 6.07 Å². The first-order valence-corrected chi connectivity index (χ1v) is 4.25. The Bertz CT molecular complexity index is 531. The van der Waals surface area contributed by atoms with Gasteiger partial charge in [0.25, 0.3) is 0 Å². The molecule has 0 aromatic carbocycles. The van der Waals surface area contributed by atoms with E-state index >= 15 is 0 Å². The summed E-state index contributed by atoms with van der Waals surface area (Å²) < 4.78 is 5.11. The average Bonchev–Trinajstić information content (AvgIpc) is 2.19. The first-order valence-electron chi connectivity index (χ1n) is 4.25. The highest BCUT2D eigenvalue weighted by atomic mass is 16.5. The average molecular weight is 190 g/mol. The SMILES string of the molecule is COc1cc2[nH]ccc(=O)c2nc1C. The normalized spacial score (nSPS) is 10.4. The van der Waals surface area contributed by atoms with Crippen molar-refractivity contribution in [2.75, 3.05) is 7.11 Å². The van der Waals surface area contributed by atoms with E-state index in [1.807, 2.05) is 6.92 Å². The van der Waals surface area contributed by atoms with Crippen molar-refractivity contribution >= 4 is 11.0 Å². The molecule has 4 nitrogen and oxygen atoms in total. The zero-order chi connectivity index (χ0) is 10.1. The van der Waals surface area contributed by atoms with Crippen LogP contribution in [0.4, 0.5) is 0 Å². The van der Waals surface area contributed by atoms with Gasteiger partial charge in [0.15, 0.2) is 0 Å². The Hall–Kier alpha value is -1.84. The molecule has 2 aromatic heterocycles. The highest BCUT2D eigenvalue weighted by Crippen LogP contribution is 2.18. The third-order valence-electron chi connectivity index (χ3n) is 2.09. The Morgan fingerprint density at radius 1 is 1.50 bits per heavy atom. The van der Waals surface area contributed by atoms with Gasteiger partial charge in [-0.2, -0.15) is 0 Å². The molecular formula is C10H10N2O2. The van der Waals surface area contributed by atoms with Crippen LogP contribution in [0.2, 0.25) is 0 Å². The molecule has 72 valence electrons. The van der Waals surface area contributed by atoms with Crippen molar-refractivity contribution in [2.45, 2.75) is 6.92 Å². The third-order valence-corrected chi connectivity index (χ3v) is 2.09. The van der Waals surface area contributed by atoms with Crippen molar-refractivity contribution in [3.63, 3.8) is 0 Å². The second kappa shape index (κ2) is 3.14. The van der Waals surface area contributed by atoms with Crippen molar-refractivity contribution in [1.29, 1.82) is 0 Å². The molecule has 0 saturated heterocycles. The molecule has 0 bridgehead atoms. The van der Waals surface area contributed by atoms with E-state index in [0.717, 1.165) is 5.69 Å². The second-order valence-corrected chi connectivity index (χ2v) is 3.01. The van der Waals surface area contributed by atoms with Gasteiger partial charge in [-0.15, -0.1) is 0 Å². The van der Waals surface area contributed by atoms with Crippen molar-refractivity contribution in [1.82, 2.24) is 9.97 Å². The van der Waals surface area contributed by atoms with Gasteiger partial charge in [-0.05, 0) is 6.92 Å². The van der Waals surface area contributed by atoms with Crippen LogP contribution in [0.15, 0.2) is 23.1 Å². The zero-order valence-corrected chi connectivity index (χ0v) is 8.00. The van der Waals surface area contributed by atoms with Crippen LogP contribution in [-0.2, 0) is 0 Å². The van der Waals surface area contributed by atoms with Crippen LogP contribution in [0.25, 0.3) is 11.0 Å². The summed E-state index contributed by atoms with van der Waals surface area (Å²) in [5.74, 6) is 0.680. The minimum atomic E-state index is -0.0792. The van der Waals surface area contributed by atoms with E-state index in [1.54, 1.807) is 19.4 Å². The van der Waals surface area contributed by atoms with Gasteiger partial charge in [-0.3, -0.25) is 4.79 Å². The number of hydrogen-bond donors (Lipinski definition) is 1. The number of pyridine rings is 2. The number of methoxy groups -OCH3 is 1. The Morgan fingerprint density at radius 3 is 3.00 bits per heavy atom. The van der Waals surface area contributed by atoms with Gasteiger partial charge >= 0.3 is 0 Å². The topological polar surface area (TPSA) is 55.0 Å². The van der Waals surface area contributed by atoms with Crippen LogP contribution in [0.3, 0.4) is 0 Å². The van der Waals surface area contributed by atoms with Crippen molar-refractivity contribution in [3.05, 3.63) is 34.2 Å². The summed E-state index contributed by atoms with van der Waals surface area (Å²) in [7, 11) is 1.58. The zero-order valence-electron chi connectivity index (χ0n) is 8.00. The fraction of sp³-hybridized carbons (Fsp3) is 0.200. The lowest BCUT2D eigenvalue weighted by molar-refractivity contribution is 0.410. The van der Waals surface area contributed by atoms with Crippen molar-refractivity contribution in [2.24, 2.45) is 0 Å². The van der Waals surface area contributed by atoms with Crippen LogP contribution in [0.5, 0.6) is 5.75 Å². The van der Waals surface area contributed by atoms with Crippen molar-refractivity contribution in [3.8, 4) is 5.75 Å². The number of nitrogens with one attached hydrogen (secondary N) is 1. The summed E-state index contributed by atoms with van der Waals surface area (Å²) in [5, 5.41) is 0. The van der Waals surface area contributed by atoms with E-state index in [4.69, 9.17) is 4.74 Å². The summed E-state index contributed by atoms with van der Waals surface area (Å²) in [6.07, 6.45) is 1.60.